The van der Waals surface area contributed by atoms with Gasteiger partial charge >= 0.3 is 0 Å². The zero-order chi connectivity index (χ0) is 25.0. The number of nitrogens with one attached hydrogen (secondary N) is 2. The molecule has 8 nitrogen and oxygen atoms in total. The van der Waals surface area contributed by atoms with Crippen molar-refractivity contribution < 1.29 is 17.9 Å². The van der Waals surface area contributed by atoms with Crippen LogP contribution in [-0.4, -0.2) is 23.9 Å². The number of benzene rings is 3. The fourth-order valence-corrected chi connectivity index (χ4v) is 4.58. The SMILES string of the molecule is Cc1ccccc1NS(=O)(=O)c1ccc(C)c(C(=O)Nc2ccc(OCc3nccn3C)cc2)c1. The number of hydrogen-bond acceptors (Lipinski definition) is 5. The molecule has 35 heavy (non-hydrogen) atoms. The molecule has 4 rings (SSSR count). The van der Waals surface area contributed by atoms with Crippen LogP contribution in [0.1, 0.15) is 27.3 Å². The van der Waals surface area contributed by atoms with E-state index in [9.17, 15) is 13.2 Å². The van der Waals surface area contributed by atoms with Crippen LogP contribution in [0.15, 0.2) is 84.0 Å². The van der Waals surface area contributed by atoms with Gasteiger partial charge in [0.15, 0.2) is 0 Å². The van der Waals surface area contributed by atoms with Crippen LogP contribution >= 0.6 is 0 Å². The van der Waals surface area contributed by atoms with E-state index in [1.54, 1.807) is 55.6 Å². The molecule has 0 unspecified atom stereocenters. The van der Waals surface area contributed by atoms with E-state index in [1.165, 1.54) is 12.1 Å². The number of anilines is 2. The predicted octanol–water partition coefficient (Wildman–Crippen LogP) is 4.67. The summed E-state index contributed by atoms with van der Waals surface area (Å²) in [5, 5.41) is 2.82. The number of imidazole rings is 1. The number of rotatable bonds is 8. The Morgan fingerprint density at radius 2 is 1.74 bits per heavy atom. The van der Waals surface area contributed by atoms with Crippen molar-refractivity contribution in [2.75, 3.05) is 10.0 Å². The maximum Gasteiger partial charge on any atom is 0.261 e. The number of para-hydroxylation sites is 1. The summed E-state index contributed by atoms with van der Waals surface area (Å²) in [7, 11) is -1.97. The summed E-state index contributed by atoms with van der Waals surface area (Å²) >= 11 is 0. The van der Waals surface area contributed by atoms with Gasteiger partial charge in [-0.05, 0) is 67.4 Å². The Bertz CT molecular complexity index is 1460. The van der Waals surface area contributed by atoms with Gasteiger partial charge in [-0.1, -0.05) is 24.3 Å². The fraction of sp³-hybridized carbons (Fsp3) is 0.154. The standard InChI is InChI=1S/C26H26N4O4S/c1-18-8-13-22(35(32,33)29-24-7-5-4-6-19(24)2)16-23(18)26(31)28-20-9-11-21(12-10-20)34-17-25-27-14-15-30(25)3/h4-16,29H,17H2,1-3H3,(H,28,31). The third kappa shape index (κ3) is 5.70. The van der Waals surface area contributed by atoms with Crippen molar-refractivity contribution in [2.45, 2.75) is 25.3 Å². The van der Waals surface area contributed by atoms with Crippen LogP contribution < -0.4 is 14.8 Å². The second-order valence-electron chi connectivity index (χ2n) is 8.12. The first-order valence-corrected chi connectivity index (χ1v) is 12.4. The molecule has 0 radical (unpaired) electrons. The fourth-order valence-electron chi connectivity index (χ4n) is 3.42. The molecule has 0 aliphatic rings. The molecular weight excluding hydrogens is 464 g/mol. The molecule has 180 valence electrons. The van der Waals surface area contributed by atoms with Crippen molar-refractivity contribution in [1.29, 1.82) is 0 Å². The molecule has 3 aromatic carbocycles. The first kappa shape index (κ1) is 24.0. The van der Waals surface area contributed by atoms with E-state index in [2.05, 4.69) is 15.0 Å². The molecular formula is C26H26N4O4S. The van der Waals surface area contributed by atoms with E-state index >= 15 is 0 Å². The summed E-state index contributed by atoms with van der Waals surface area (Å²) in [6.07, 6.45) is 3.55. The second-order valence-corrected chi connectivity index (χ2v) is 9.80. The number of carbonyl (C=O) groups excluding carboxylic acids is 1. The molecule has 0 aliphatic heterocycles. The molecule has 0 saturated carbocycles. The average Bonchev–Trinajstić information content (AvgIpc) is 3.24. The summed E-state index contributed by atoms with van der Waals surface area (Å²) < 4.78 is 36.1. The lowest BCUT2D eigenvalue weighted by atomic mass is 10.1. The molecule has 0 spiro atoms. The van der Waals surface area contributed by atoms with E-state index in [-0.39, 0.29) is 10.5 Å². The van der Waals surface area contributed by atoms with Gasteiger partial charge in [-0.15, -0.1) is 0 Å². The Labute approximate surface area is 204 Å². The summed E-state index contributed by atoms with van der Waals surface area (Å²) in [6, 6.07) is 18.5. The number of aromatic nitrogens is 2. The minimum Gasteiger partial charge on any atom is -0.486 e. The van der Waals surface area contributed by atoms with Crippen molar-refractivity contribution in [3.05, 3.63) is 102 Å². The third-order valence-electron chi connectivity index (χ3n) is 5.55. The molecule has 1 aromatic heterocycles. The Morgan fingerprint density at radius 3 is 2.43 bits per heavy atom. The van der Waals surface area contributed by atoms with Crippen molar-refractivity contribution in [2.24, 2.45) is 7.05 Å². The van der Waals surface area contributed by atoms with Crippen LogP contribution in [0.4, 0.5) is 11.4 Å². The van der Waals surface area contributed by atoms with Gasteiger partial charge in [0.2, 0.25) is 0 Å². The van der Waals surface area contributed by atoms with Crippen LogP contribution in [0.3, 0.4) is 0 Å². The molecule has 0 aliphatic carbocycles. The van der Waals surface area contributed by atoms with E-state index in [1.807, 2.05) is 36.9 Å². The van der Waals surface area contributed by atoms with E-state index < -0.39 is 15.9 Å². The van der Waals surface area contributed by atoms with Gasteiger partial charge in [-0.25, -0.2) is 13.4 Å². The molecule has 9 heteroatoms. The van der Waals surface area contributed by atoms with Gasteiger partial charge in [-0.2, -0.15) is 0 Å². The molecule has 0 atom stereocenters. The van der Waals surface area contributed by atoms with Crippen molar-refractivity contribution in [3.63, 3.8) is 0 Å². The Morgan fingerprint density at radius 1 is 1.00 bits per heavy atom. The zero-order valence-electron chi connectivity index (χ0n) is 19.6. The summed E-state index contributed by atoms with van der Waals surface area (Å²) in [4.78, 5) is 17.2. The quantitative estimate of drug-likeness (QED) is 0.374. The highest BCUT2D eigenvalue weighted by molar-refractivity contribution is 7.92. The number of ether oxygens (including phenoxy) is 1. The third-order valence-corrected chi connectivity index (χ3v) is 6.92. The maximum atomic E-state index is 13.0. The highest BCUT2D eigenvalue weighted by Crippen LogP contribution is 2.23. The van der Waals surface area contributed by atoms with Crippen LogP contribution in [0, 0.1) is 13.8 Å². The predicted molar refractivity (Wildman–Crippen MR) is 135 cm³/mol. The number of sulfonamides is 1. The highest BCUT2D eigenvalue weighted by atomic mass is 32.2. The van der Waals surface area contributed by atoms with Gasteiger partial charge in [0.25, 0.3) is 15.9 Å². The van der Waals surface area contributed by atoms with Gasteiger partial charge in [0, 0.05) is 30.7 Å². The molecule has 4 aromatic rings. The van der Waals surface area contributed by atoms with Gasteiger partial charge in [0.1, 0.15) is 18.2 Å². The Balaban J connectivity index is 1.46. The Hall–Kier alpha value is -4.11. The summed E-state index contributed by atoms with van der Waals surface area (Å²) in [5.41, 5.74) is 2.78. The zero-order valence-corrected chi connectivity index (χ0v) is 20.5. The lowest BCUT2D eigenvalue weighted by Gasteiger charge is -2.13. The van der Waals surface area contributed by atoms with Gasteiger partial charge in [-0.3, -0.25) is 9.52 Å². The number of carbonyl (C=O) groups is 1. The first-order chi connectivity index (χ1) is 16.7. The van der Waals surface area contributed by atoms with Crippen LogP contribution in [-0.2, 0) is 23.7 Å². The minimum atomic E-state index is -3.87. The average molecular weight is 491 g/mol. The van der Waals surface area contributed by atoms with E-state index in [0.717, 1.165) is 11.4 Å². The second kappa shape index (κ2) is 10.0. The Kier molecular flexibility index (Phi) is 6.88. The van der Waals surface area contributed by atoms with Crippen molar-refractivity contribution >= 4 is 27.3 Å². The number of aryl methyl sites for hydroxylation is 3. The van der Waals surface area contributed by atoms with Crippen LogP contribution in [0.2, 0.25) is 0 Å². The van der Waals surface area contributed by atoms with Crippen molar-refractivity contribution in [3.8, 4) is 5.75 Å². The number of hydrogen-bond donors (Lipinski definition) is 2. The van der Waals surface area contributed by atoms with Crippen LogP contribution in [0.25, 0.3) is 0 Å². The highest BCUT2D eigenvalue weighted by Gasteiger charge is 2.19. The maximum absolute atomic E-state index is 13.0. The molecule has 2 N–H and O–H groups in total. The van der Waals surface area contributed by atoms with Gasteiger partial charge in [0.05, 0.1) is 10.6 Å². The molecule has 1 heterocycles. The van der Waals surface area contributed by atoms with Gasteiger partial charge < -0.3 is 14.6 Å². The lowest BCUT2D eigenvalue weighted by molar-refractivity contribution is 0.102. The number of nitrogens with zero attached hydrogens (tertiary/aromatic N) is 2. The topological polar surface area (TPSA) is 102 Å². The smallest absolute Gasteiger partial charge is 0.261 e. The largest absolute Gasteiger partial charge is 0.486 e. The lowest BCUT2D eigenvalue weighted by Crippen LogP contribution is -2.17. The van der Waals surface area contributed by atoms with Crippen LogP contribution in [0.5, 0.6) is 5.75 Å². The van der Waals surface area contributed by atoms with Crippen molar-refractivity contribution in [1.82, 2.24) is 9.55 Å². The molecule has 0 bridgehead atoms. The van der Waals surface area contributed by atoms with E-state index in [4.69, 9.17) is 4.74 Å². The minimum absolute atomic E-state index is 0.00883. The number of amides is 1. The summed E-state index contributed by atoms with van der Waals surface area (Å²) in [6.45, 7) is 3.90. The monoisotopic (exact) mass is 490 g/mol. The van der Waals surface area contributed by atoms with E-state index in [0.29, 0.717) is 29.3 Å². The molecule has 0 fully saturated rings. The summed E-state index contributed by atoms with van der Waals surface area (Å²) in [5.74, 6) is 1.03. The molecule has 1 amide bonds. The molecule has 0 saturated heterocycles. The normalized spacial score (nSPS) is 11.2. The first-order valence-electron chi connectivity index (χ1n) is 10.9.